The van der Waals surface area contributed by atoms with Crippen molar-refractivity contribution in [1.29, 1.82) is 0 Å². The number of carbonyl (C=O) groups excluding carboxylic acids is 3. The van der Waals surface area contributed by atoms with E-state index in [4.69, 9.17) is 9.47 Å². The van der Waals surface area contributed by atoms with Crippen molar-refractivity contribution >= 4 is 17.6 Å². The number of ether oxygens (including phenoxy) is 2. The van der Waals surface area contributed by atoms with Crippen LogP contribution >= 0.6 is 0 Å². The van der Waals surface area contributed by atoms with Gasteiger partial charge in [-0.3, -0.25) is 9.59 Å². The van der Waals surface area contributed by atoms with E-state index in [0.29, 0.717) is 52.1 Å². The van der Waals surface area contributed by atoms with Gasteiger partial charge in [-0.05, 0) is 40.7 Å². The van der Waals surface area contributed by atoms with Crippen molar-refractivity contribution in [2.75, 3.05) is 39.9 Å². The molecule has 0 saturated carbocycles. The first-order chi connectivity index (χ1) is 15.3. The Hall–Kier alpha value is -1.51. The Morgan fingerprint density at radius 2 is 1.09 bits per heavy atom. The van der Waals surface area contributed by atoms with Crippen molar-refractivity contribution in [1.82, 2.24) is 16.0 Å². The first kappa shape index (κ1) is 30.5. The van der Waals surface area contributed by atoms with Crippen LogP contribution in [0.3, 0.4) is 0 Å². The average Bonchev–Trinajstić information content (AvgIpc) is 2.74. The minimum atomic E-state index is -0.771. The Bertz CT molecular complexity index is 512. The van der Waals surface area contributed by atoms with E-state index in [0.717, 1.165) is 32.1 Å². The smallest absolute Gasteiger partial charge is 0.221 e. The van der Waals surface area contributed by atoms with E-state index in [1.54, 1.807) is 6.92 Å². The second-order valence-electron chi connectivity index (χ2n) is 8.68. The number of Topliss-reactive ketones (excluding diaryl/α,β-unsaturated/α-hetero) is 1. The fourth-order valence-electron chi connectivity index (χ4n) is 3.15. The van der Waals surface area contributed by atoms with Crippen molar-refractivity contribution < 1.29 is 23.9 Å². The van der Waals surface area contributed by atoms with Crippen molar-refractivity contribution in [2.24, 2.45) is 0 Å². The number of nitrogens with one attached hydrogen (secondary N) is 3. The quantitative estimate of drug-likeness (QED) is 0.170. The van der Waals surface area contributed by atoms with Gasteiger partial charge >= 0.3 is 0 Å². The van der Waals surface area contributed by atoms with Gasteiger partial charge in [0.15, 0.2) is 5.79 Å². The second-order valence-corrected chi connectivity index (χ2v) is 8.68. The van der Waals surface area contributed by atoms with Crippen LogP contribution in [0.1, 0.15) is 91.4 Å². The molecule has 3 N–H and O–H groups in total. The van der Waals surface area contributed by atoms with Gasteiger partial charge in [-0.15, -0.1) is 0 Å². The van der Waals surface area contributed by atoms with Crippen molar-refractivity contribution in [3.8, 4) is 0 Å². The molecule has 0 atom stereocenters. The number of unbranched alkanes of at least 4 members (excludes halogenated alkanes) is 7. The fourth-order valence-corrected chi connectivity index (χ4v) is 3.15. The molecule has 2 amide bonds. The zero-order chi connectivity index (χ0) is 24.1. The highest BCUT2D eigenvalue weighted by atomic mass is 16.7. The molecule has 188 valence electrons. The third-order valence-corrected chi connectivity index (χ3v) is 5.03. The normalized spacial score (nSPS) is 11.4. The van der Waals surface area contributed by atoms with Crippen LogP contribution in [0.5, 0.6) is 0 Å². The molecule has 0 aliphatic rings. The molecule has 0 heterocycles. The third kappa shape index (κ3) is 21.7. The van der Waals surface area contributed by atoms with Gasteiger partial charge in [0, 0.05) is 38.9 Å². The molecule has 0 aromatic rings. The zero-order valence-corrected chi connectivity index (χ0v) is 20.9. The lowest BCUT2D eigenvalue weighted by molar-refractivity contribution is -0.211. The van der Waals surface area contributed by atoms with Gasteiger partial charge in [0.05, 0.1) is 13.2 Å². The lowest BCUT2D eigenvalue weighted by Gasteiger charge is -2.26. The fraction of sp³-hybridized carbons (Fsp3) is 0.875. The van der Waals surface area contributed by atoms with Crippen LogP contribution in [0, 0.1) is 0 Å². The molecule has 0 rings (SSSR count). The molecular weight excluding hydrogens is 410 g/mol. The van der Waals surface area contributed by atoms with E-state index in [1.807, 2.05) is 20.9 Å². The summed E-state index contributed by atoms with van der Waals surface area (Å²) in [5.74, 6) is -0.441. The summed E-state index contributed by atoms with van der Waals surface area (Å²) in [5, 5.41) is 8.60. The first-order valence-corrected chi connectivity index (χ1v) is 12.2. The minimum absolute atomic E-state index is 0.00876. The van der Waals surface area contributed by atoms with Gasteiger partial charge < -0.3 is 30.2 Å². The van der Waals surface area contributed by atoms with Gasteiger partial charge in [-0.25, -0.2) is 0 Å². The maximum Gasteiger partial charge on any atom is 0.221 e. The topological polar surface area (TPSA) is 106 Å². The van der Waals surface area contributed by atoms with Gasteiger partial charge in [0.2, 0.25) is 11.8 Å². The van der Waals surface area contributed by atoms with Gasteiger partial charge in [0.25, 0.3) is 0 Å². The highest BCUT2D eigenvalue weighted by Crippen LogP contribution is 2.11. The van der Waals surface area contributed by atoms with Crippen LogP contribution in [0.2, 0.25) is 0 Å². The molecule has 0 spiro atoms. The largest absolute Gasteiger partial charge is 0.354 e. The molecule has 0 bridgehead atoms. The highest BCUT2D eigenvalue weighted by molar-refractivity contribution is 5.76. The molecule has 32 heavy (non-hydrogen) atoms. The van der Waals surface area contributed by atoms with Crippen LogP contribution in [-0.2, 0) is 23.9 Å². The van der Waals surface area contributed by atoms with Crippen LogP contribution in [0.4, 0.5) is 0 Å². The molecule has 0 fully saturated rings. The monoisotopic (exact) mass is 457 g/mol. The van der Waals surface area contributed by atoms with Crippen LogP contribution in [0.25, 0.3) is 0 Å². The van der Waals surface area contributed by atoms with E-state index < -0.39 is 5.79 Å². The molecule has 0 aromatic heterocycles. The van der Waals surface area contributed by atoms with Gasteiger partial charge in [-0.1, -0.05) is 38.5 Å². The standard InChI is InChI=1S/C24H47N3O5/c1-21(28)13-11-9-7-5-6-8-10-12-14-22(29)26-17-19-31-24(2,3)32-20-18-27-23(30)15-16-25-4/h25H,5-20H2,1-4H3,(H,26,29)(H,27,30). The second kappa shape index (κ2) is 20.1. The predicted octanol–water partition coefficient (Wildman–Crippen LogP) is 3.09. The number of ketones is 1. The summed E-state index contributed by atoms with van der Waals surface area (Å²) in [5.41, 5.74) is 0. The summed E-state index contributed by atoms with van der Waals surface area (Å²) in [4.78, 5) is 34.3. The Morgan fingerprint density at radius 3 is 1.56 bits per heavy atom. The number of hydrogen-bond donors (Lipinski definition) is 3. The van der Waals surface area contributed by atoms with E-state index in [-0.39, 0.29) is 17.6 Å². The summed E-state index contributed by atoms with van der Waals surface area (Å²) in [6, 6.07) is 0. The molecule has 0 aromatic carbocycles. The summed E-state index contributed by atoms with van der Waals surface area (Å²) in [7, 11) is 1.81. The third-order valence-electron chi connectivity index (χ3n) is 5.03. The molecule has 0 aliphatic heterocycles. The minimum Gasteiger partial charge on any atom is -0.354 e. The molecule has 8 heteroatoms. The van der Waals surface area contributed by atoms with E-state index in [9.17, 15) is 14.4 Å². The van der Waals surface area contributed by atoms with Gasteiger partial charge in [0.1, 0.15) is 5.78 Å². The van der Waals surface area contributed by atoms with Gasteiger partial charge in [-0.2, -0.15) is 0 Å². The summed E-state index contributed by atoms with van der Waals surface area (Å²) in [6.45, 7) is 7.56. The molecule has 0 unspecified atom stereocenters. The van der Waals surface area contributed by atoms with Crippen LogP contribution in [-0.4, -0.2) is 63.3 Å². The molecule has 0 aliphatic carbocycles. The molecule has 0 saturated heterocycles. The van der Waals surface area contributed by atoms with Crippen LogP contribution < -0.4 is 16.0 Å². The maximum atomic E-state index is 11.9. The van der Waals surface area contributed by atoms with Crippen LogP contribution in [0.15, 0.2) is 0 Å². The predicted molar refractivity (Wildman–Crippen MR) is 127 cm³/mol. The summed E-state index contributed by atoms with van der Waals surface area (Å²) >= 11 is 0. The number of hydrogen-bond acceptors (Lipinski definition) is 6. The molecular formula is C24H47N3O5. The van der Waals surface area contributed by atoms with Crippen molar-refractivity contribution in [2.45, 2.75) is 97.2 Å². The summed E-state index contributed by atoms with van der Waals surface area (Å²) < 4.78 is 11.3. The zero-order valence-electron chi connectivity index (χ0n) is 20.9. The average molecular weight is 458 g/mol. The van der Waals surface area contributed by atoms with E-state index in [1.165, 1.54) is 19.3 Å². The lowest BCUT2D eigenvalue weighted by Crippen LogP contribution is -2.36. The van der Waals surface area contributed by atoms with E-state index >= 15 is 0 Å². The molecule has 8 nitrogen and oxygen atoms in total. The number of amides is 2. The highest BCUT2D eigenvalue weighted by Gasteiger charge is 2.18. The Labute approximate surface area is 194 Å². The van der Waals surface area contributed by atoms with Crippen molar-refractivity contribution in [3.05, 3.63) is 0 Å². The lowest BCUT2D eigenvalue weighted by atomic mass is 10.1. The number of carbonyl (C=O) groups is 3. The maximum absolute atomic E-state index is 11.9. The van der Waals surface area contributed by atoms with Crippen molar-refractivity contribution in [3.63, 3.8) is 0 Å². The summed E-state index contributed by atoms with van der Waals surface area (Å²) in [6.07, 6.45) is 10.6. The Kier molecular flexibility index (Phi) is 19.2. The number of rotatable bonds is 22. The SMILES string of the molecule is CNCCC(=O)NCCOC(C)(C)OCCNC(=O)CCCCCCCCCCC(C)=O. The first-order valence-electron chi connectivity index (χ1n) is 12.2. The Balaban J connectivity index is 3.53. The van der Waals surface area contributed by atoms with E-state index in [2.05, 4.69) is 16.0 Å². The molecule has 0 radical (unpaired) electrons. The Morgan fingerprint density at radius 1 is 0.656 bits per heavy atom.